The number of carbonyl (C=O) groups is 1. The summed E-state index contributed by atoms with van der Waals surface area (Å²) in [6.45, 7) is 2.47. The van der Waals surface area contributed by atoms with Crippen LogP contribution < -0.4 is 29.6 Å². The summed E-state index contributed by atoms with van der Waals surface area (Å²) in [5.74, 6) is 2.36. The number of pyridine rings is 1. The second-order valence-corrected chi connectivity index (χ2v) is 9.71. The lowest BCUT2D eigenvalue weighted by Crippen LogP contribution is -2.11. The molecule has 0 atom stereocenters. The Morgan fingerprint density at radius 3 is 2.33 bits per heavy atom. The number of halogens is 1. The number of hydrogen-bond donors (Lipinski definition) is 2. The number of rotatable bonds is 10. The molecule has 0 bridgehead atoms. The highest BCUT2D eigenvalue weighted by Crippen LogP contribution is 2.38. The van der Waals surface area contributed by atoms with Gasteiger partial charge in [-0.15, -0.1) is 12.4 Å². The van der Waals surface area contributed by atoms with Gasteiger partial charge in [0.25, 0.3) is 0 Å². The molecule has 5 rings (SSSR count). The molecule has 9 heteroatoms. The highest BCUT2D eigenvalue weighted by Gasteiger charge is 2.19. The quantitative estimate of drug-likeness (QED) is 0.187. The SMILES string of the molecule is CCOc1ccc(C=CC(=O)Nc2ccc3nc4c(c(Nc5ccc(OC)c(OC)c5)c3c2)CCCC4)cc1OC.Cl. The maximum Gasteiger partial charge on any atom is 0.248 e. The molecule has 3 aromatic carbocycles. The topological polar surface area (TPSA) is 90.9 Å². The Kier molecular flexibility index (Phi) is 10.1. The fourth-order valence-corrected chi connectivity index (χ4v) is 5.12. The number of nitrogens with zero attached hydrogens (tertiary/aromatic N) is 1. The van der Waals surface area contributed by atoms with Crippen LogP contribution in [0.25, 0.3) is 17.0 Å². The van der Waals surface area contributed by atoms with Crippen molar-refractivity contribution >= 4 is 52.4 Å². The van der Waals surface area contributed by atoms with Crippen LogP contribution in [0.5, 0.6) is 23.0 Å². The highest BCUT2D eigenvalue weighted by atomic mass is 35.5. The van der Waals surface area contributed by atoms with Crippen LogP contribution in [0.15, 0.2) is 60.7 Å². The van der Waals surface area contributed by atoms with Crippen molar-refractivity contribution in [3.05, 3.63) is 77.5 Å². The fraction of sp³-hybridized carbons (Fsp3) is 0.273. The molecule has 0 spiro atoms. The second kappa shape index (κ2) is 14.0. The molecule has 1 aliphatic carbocycles. The van der Waals surface area contributed by atoms with E-state index >= 15 is 0 Å². The number of carbonyl (C=O) groups excluding carboxylic acids is 1. The number of aromatic nitrogens is 1. The number of ether oxygens (including phenoxy) is 4. The van der Waals surface area contributed by atoms with Crippen molar-refractivity contribution < 1.29 is 23.7 Å². The summed E-state index contributed by atoms with van der Waals surface area (Å²) in [5.41, 5.74) is 6.61. The zero-order valence-electron chi connectivity index (χ0n) is 24.3. The number of nitrogens with one attached hydrogen (secondary N) is 2. The van der Waals surface area contributed by atoms with E-state index in [0.717, 1.165) is 59.2 Å². The number of anilines is 3. The minimum Gasteiger partial charge on any atom is -0.493 e. The van der Waals surface area contributed by atoms with E-state index < -0.39 is 0 Å². The van der Waals surface area contributed by atoms with Crippen LogP contribution in [0, 0.1) is 0 Å². The van der Waals surface area contributed by atoms with Gasteiger partial charge < -0.3 is 29.6 Å². The van der Waals surface area contributed by atoms with Crippen molar-refractivity contribution in [3.63, 3.8) is 0 Å². The molecule has 0 saturated heterocycles. The van der Waals surface area contributed by atoms with Gasteiger partial charge in [-0.2, -0.15) is 0 Å². The van der Waals surface area contributed by atoms with Crippen molar-refractivity contribution in [3.8, 4) is 23.0 Å². The molecular weight excluding hydrogens is 554 g/mol. The number of amides is 1. The molecular formula is C33H36ClN3O5. The van der Waals surface area contributed by atoms with Crippen LogP contribution in [0.2, 0.25) is 0 Å². The number of methoxy groups -OCH3 is 3. The van der Waals surface area contributed by atoms with Gasteiger partial charge >= 0.3 is 0 Å². The molecule has 0 saturated carbocycles. The maximum absolute atomic E-state index is 12.9. The molecule has 1 aliphatic rings. The molecule has 2 N–H and O–H groups in total. The Morgan fingerprint density at radius 2 is 1.57 bits per heavy atom. The smallest absolute Gasteiger partial charge is 0.248 e. The largest absolute Gasteiger partial charge is 0.493 e. The lowest BCUT2D eigenvalue weighted by molar-refractivity contribution is -0.111. The highest BCUT2D eigenvalue weighted by molar-refractivity contribution is 6.04. The van der Waals surface area contributed by atoms with E-state index in [0.29, 0.717) is 35.3 Å². The normalized spacial score (nSPS) is 12.3. The van der Waals surface area contributed by atoms with Crippen LogP contribution in [-0.4, -0.2) is 38.8 Å². The van der Waals surface area contributed by atoms with Gasteiger partial charge in [0.1, 0.15) is 0 Å². The first-order valence-electron chi connectivity index (χ1n) is 13.8. The van der Waals surface area contributed by atoms with E-state index in [1.54, 1.807) is 27.4 Å². The van der Waals surface area contributed by atoms with Crippen LogP contribution in [0.3, 0.4) is 0 Å². The van der Waals surface area contributed by atoms with Gasteiger partial charge in [-0.05, 0) is 92.3 Å². The fourth-order valence-electron chi connectivity index (χ4n) is 5.12. The standard InChI is InChI=1S/C33H35N3O5.ClH/c1-5-41-29-15-10-21(18-30(29)39-3)11-17-32(37)34-22-12-14-27-25(19-22)33(24-8-6-7-9-26(24)36-27)35-23-13-16-28(38-2)31(20-23)40-4;/h10-20H,5-9H2,1-4H3,(H,34,37)(H,35,36);1H. The van der Waals surface area contributed by atoms with E-state index in [4.69, 9.17) is 23.9 Å². The van der Waals surface area contributed by atoms with Crippen LogP contribution >= 0.6 is 12.4 Å². The van der Waals surface area contributed by atoms with Gasteiger partial charge in [0, 0.05) is 34.6 Å². The number of hydrogen-bond acceptors (Lipinski definition) is 7. The molecule has 0 unspecified atom stereocenters. The predicted molar refractivity (Wildman–Crippen MR) is 170 cm³/mol. The summed E-state index contributed by atoms with van der Waals surface area (Å²) in [5, 5.41) is 7.57. The zero-order chi connectivity index (χ0) is 28.8. The van der Waals surface area contributed by atoms with Gasteiger partial charge in [0.2, 0.25) is 5.91 Å². The minimum absolute atomic E-state index is 0. The minimum atomic E-state index is -0.238. The first kappa shape index (κ1) is 30.5. The van der Waals surface area contributed by atoms with Crippen LogP contribution in [-0.2, 0) is 17.6 Å². The van der Waals surface area contributed by atoms with Crippen molar-refractivity contribution in [1.29, 1.82) is 0 Å². The van der Waals surface area contributed by atoms with Crippen molar-refractivity contribution in [2.24, 2.45) is 0 Å². The first-order valence-corrected chi connectivity index (χ1v) is 13.8. The molecule has 42 heavy (non-hydrogen) atoms. The van der Waals surface area contributed by atoms with E-state index in [9.17, 15) is 4.79 Å². The Bertz CT molecular complexity index is 1600. The molecule has 0 fully saturated rings. The molecule has 220 valence electrons. The summed E-state index contributed by atoms with van der Waals surface area (Å²) < 4.78 is 21.9. The van der Waals surface area contributed by atoms with Gasteiger partial charge in [-0.25, -0.2) is 0 Å². The van der Waals surface area contributed by atoms with E-state index in [1.165, 1.54) is 11.6 Å². The zero-order valence-corrected chi connectivity index (χ0v) is 25.1. The van der Waals surface area contributed by atoms with Crippen LogP contribution in [0.4, 0.5) is 17.1 Å². The average Bonchev–Trinajstić information content (AvgIpc) is 3.00. The van der Waals surface area contributed by atoms with E-state index in [-0.39, 0.29) is 18.3 Å². The number of fused-ring (bicyclic) bond motifs is 2. The van der Waals surface area contributed by atoms with Gasteiger partial charge in [-0.1, -0.05) is 6.07 Å². The third-order valence-electron chi connectivity index (χ3n) is 7.10. The Labute approximate surface area is 252 Å². The maximum atomic E-state index is 12.9. The van der Waals surface area contributed by atoms with Gasteiger partial charge in [0.15, 0.2) is 23.0 Å². The molecule has 1 aromatic heterocycles. The first-order chi connectivity index (χ1) is 20.0. The third kappa shape index (κ3) is 6.71. The molecule has 1 heterocycles. The lowest BCUT2D eigenvalue weighted by atomic mass is 9.92. The van der Waals surface area contributed by atoms with Crippen LogP contribution in [0.1, 0.15) is 36.6 Å². The van der Waals surface area contributed by atoms with Gasteiger partial charge in [-0.3, -0.25) is 9.78 Å². The Hall–Kier alpha value is -4.43. The number of aryl methyl sites for hydroxylation is 1. The van der Waals surface area contributed by atoms with E-state index in [2.05, 4.69) is 10.6 Å². The summed E-state index contributed by atoms with van der Waals surface area (Å²) in [6, 6.07) is 17.2. The molecule has 0 radical (unpaired) electrons. The molecule has 0 aliphatic heterocycles. The summed E-state index contributed by atoms with van der Waals surface area (Å²) in [7, 11) is 4.84. The van der Waals surface area contributed by atoms with Crippen molar-refractivity contribution in [2.75, 3.05) is 38.6 Å². The summed E-state index contributed by atoms with van der Waals surface area (Å²) in [4.78, 5) is 17.9. The van der Waals surface area contributed by atoms with Gasteiger partial charge in [0.05, 0.1) is 39.1 Å². The summed E-state index contributed by atoms with van der Waals surface area (Å²) >= 11 is 0. The number of benzene rings is 3. The Balaban J connectivity index is 0.00000405. The lowest BCUT2D eigenvalue weighted by Gasteiger charge is -2.22. The second-order valence-electron chi connectivity index (χ2n) is 9.71. The monoisotopic (exact) mass is 589 g/mol. The summed E-state index contributed by atoms with van der Waals surface area (Å²) in [6.07, 6.45) is 7.38. The molecule has 1 amide bonds. The predicted octanol–water partition coefficient (Wildman–Crippen LogP) is 7.36. The molecule has 4 aromatic rings. The van der Waals surface area contributed by atoms with E-state index in [1.807, 2.05) is 61.5 Å². The average molecular weight is 590 g/mol. The Morgan fingerprint density at radius 1 is 0.857 bits per heavy atom. The van der Waals surface area contributed by atoms with Crippen molar-refractivity contribution in [1.82, 2.24) is 4.98 Å². The van der Waals surface area contributed by atoms with Crippen molar-refractivity contribution in [2.45, 2.75) is 32.6 Å². The molecule has 8 nitrogen and oxygen atoms in total. The third-order valence-corrected chi connectivity index (χ3v) is 7.10.